The fraction of sp³-hybridized carbons (Fsp3) is 0.727. The van der Waals surface area contributed by atoms with E-state index in [9.17, 15) is 0 Å². The van der Waals surface area contributed by atoms with Crippen molar-refractivity contribution in [3.63, 3.8) is 0 Å². The van der Waals surface area contributed by atoms with E-state index in [1.165, 1.54) is 37.8 Å². The van der Waals surface area contributed by atoms with Gasteiger partial charge in [0.1, 0.15) is 0 Å². The molecular formula is C11H18N2. The third-order valence-corrected chi connectivity index (χ3v) is 2.97. The average Bonchev–Trinajstić information content (AvgIpc) is 2.67. The first-order valence-corrected chi connectivity index (χ1v) is 5.44. The highest BCUT2D eigenvalue weighted by atomic mass is 15.3. The van der Waals surface area contributed by atoms with Crippen LogP contribution in [-0.4, -0.2) is 9.78 Å². The topological polar surface area (TPSA) is 17.8 Å². The molecule has 1 heterocycles. The van der Waals surface area contributed by atoms with Gasteiger partial charge in [-0.1, -0.05) is 26.2 Å². The summed E-state index contributed by atoms with van der Waals surface area (Å²) in [5.41, 5.74) is 1.23. The van der Waals surface area contributed by atoms with Crippen LogP contribution in [0.15, 0.2) is 12.3 Å². The molecule has 0 aliphatic heterocycles. The van der Waals surface area contributed by atoms with Crippen LogP contribution in [0.2, 0.25) is 0 Å². The second-order valence-corrected chi connectivity index (χ2v) is 3.93. The third-order valence-electron chi connectivity index (χ3n) is 2.97. The van der Waals surface area contributed by atoms with Crippen molar-refractivity contribution in [2.75, 3.05) is 0 Å². The number of aryl methyl sites for hydroxylation is 1. The molecule has 0 aromatic carbocycles. The van der Waals surface area contributed by atoms with Crippen LogP contribution >= 0.6 is 0 Å². The summed E-state index contributed by atoms with van der Waals surface area (Å²) < 4.78 is 2.18. The Bertz CT molecular complexity index is 259. The van der Waals surface area contributed by atoms with Gasteiger partial charge in [-0.15, -0.1) is 0 Å². The van der Waals surface area contributed by atoms with Crippen molar-refractivity contribution in [2.45, 2.75) is 51.5 Å². The van der Waals surface area contributed by atoms with E-state index in [4.69, 9.17) is 0 Å². The standard InChI is InChI=1S/C11H18N2/c1-2-10-8-9-13(12-10)11-6-4-3-5-7-11/h8-9,11H,2-7H2,1H3. The summed E-state index contributed by atoms with van der Waals surface area (Å²) in [7, 11) is 0. The van der Waals surface area contributed by atoms with E-state index in [1.54, 1.807) is 0 Å². The van der Waals surface area contributed by atoms with Crippen molar-refractivity contribution in [2.24, 2.45) is 0 Å². The molecule has 1 aliphatic rings. The molecule has 1 fully saturated rings. The summed E-state index contributed by atoms with van der Waals surface area (Å²) in [5.74, 6) is 0. The predicted octanol–water partition coefficient (Wildman–Crippen LogP) is 2.95. The van der Waals surface area contributed by atoms with E-state index < -0.39 is 0 Å². The molecule has 2 rings (SSSR count). The highest BCUT2D eigenvalue weighted by Crippen LogP contribution is 2.27. The van der Waals surface area contributed by atoms with Crippen LogP contribution in [-0.2, 0) is 6.42 Å². The maximum Gasteiger partial charge on any atom is 0.0621 e. The second kappa shape index (κ2) is 3.95. The van der Waals surface area contributed by atoms with Gasteiger partial charge in [-0.2, -0.15) is 5.10 Å². The van der Waals surface area contributed by atoms with E-state index >= 15 is 0 Å². The lowest BCUT2D eigenvalue weighted by molar-refractivity contribution is 0.328. The first kappa shape index (κ1) is 8.79. The smallest absolute Gasteiger partial charge is 0.0621 e. The largest absolute Gasteiger partial charge is 0.269 e. The molecule has 1 aromatic heterocycles. The number of hydrogen-bond donors (Lipinski definition) is 0. The zero-order chi connectivity index (χ0) is 9.10. The first-order chi connectivity index (χ1) is 6.40. The molecule has 2 heteroatoms. The van der Waals surface area contributed by atoms with Gasteiger partial charge >= 0.3 is 0 Å². The zero-order valence-electron chi connectivity index (χ0n) is 8.37. The number of nitrogens with zero attached hydrogens (tertiary/aromatic N) is 2. The third kappa shape index (κ3) is 1.93. The molecule has 72 valence electrons. The molecule has 0 saturated heterocycles. The van der Waals surface area contributed by atoms with Crippen molar-refractivity contribution < 1.29 is 0 Å². The molecule has 0 bridgehead atoms. The molecule has 1 aliphatic carbocycles. The Balaban J connectivity index is 2.05. The molecule has 0 atom stereocenters. The van der Waals surface area contributed by atoms with Crippen molar-refractivity contribution in [1.82, 2.24) is 9.78 Å². The van der Waals surface area contributed by atoms with Crippen LogP contribution < -0.4 is 0 Å². The van der Waals surface area contributed by atoms with E-state index in [2.05, 4.69) is 29.0 Å². The van der Waals surface area contributed by atoms with Crippen LogP contribution in [0.5, 0.6) is 0 Å². The van der Waals surface area contributed by atoms with Gasteiger partial charge in [0.15, 0.2) is 0 Å². The van der Waals surface area contributed by atoms with Crippen LogP contribution in [0.4, 0.5) is 0 Å². The molecule has 0 radical (unpaired) electrons. The highest BCUT2D eigenvalue weighted by molar-refractivity contribution is 4.99. The van der Waals surface area contributed by atoms with Gasteiger partial charge in [0.25, 0.3) is 0 Å². The first-order valence-electron chi connectivity index (χ1n) is 5.44. The average molecular weight is 178 g/mol. The molecule has 13 heavy (non-hydrogen) atoms. The van der Waals surface area contributed by atoms with Gasteiger partial charge in [-0.25, -0.2) is 0 Å². The normalized spacial score (nSPS) is 19.2. The van der Waals surface area contributed by atoms with Crippen LogP contribution in [0.3, 0.4) is 0 Å². The summed E-state index contributed by atoms with van der Waals surface area (Å²) in [4.78, 5) is 0. The summed E-state index contributed by atoms with van der Waals surface area (Å²) in [6, 6.07) is 2.84. The maximum atomic E-state index is 4.57. The second-order valence-electron chi connectivity index (χ2n) is 3.93. The molecular weight excluding hydrogens is 160 g/mol. The Morgan fingerprint density at radius 1 is 1.38 bits per heavy atom. The molecule has 1 saturated carbocycles. The van der Waals surface area contributed by atoms with Crippen molar-refractivity contribution in [3.05, 3.63) is 18.0 Å². The molecule has 0 unspecified atom stereocenters. The van der Waals surface area contributed by atoms with Crippen molar-refractivity contribution >= 4 is 0 Å². The Morgan fingerprint density at radius 3 is 2.77 bits per heavy atom. The summed E-state index contributed by atoms with van der Waals surface area (Å²) in [6.07, 6.45) is 10.0. The summed E-state index contributed by atoms with van der Waals surface area (Å²) in [5, 5.41) is 4.57. The van der Waals surface area contributed by atoms with Gasteiger partial charge in [-0.05, 0) is 25.3 Å². The van der Waals surface area contributed by atoms with E-state index in [0.717, 1.165) is 6.42 Å². The number of hydrogen-bond acceptors (Lipinski definition) is 1. The van der Waals surface area contributed by atoms with Crippen LogP contribution in [0.1, 0.15) is 50.8 Å². The lowest BCUT2D eigenvalue weighted by Gasteiger charge is -2.21. The lowest BCUT2D eigenvalue weighted by atomic mass is 9.96. The monoisotopic (exact) mass is 178 g/mol. The van der Waals surface area contributed by atoms with Crippen molar-refractivity contribution in [1.29, 1.82) is 0 Å². The molecule has 0 amide bonds. The molecule has 0 N–H and O–H groups in total. The van der Waals surface area contributed by atoms with Gasteiger partial charge < -0.3 is 0 Å². The minimum atomic E-state index is 0.689. The fourth-order valence-corrected chi connectivity index (χ4v) is 2.11. The van der Waals surface area contributed by atoms with Crippen LogP contribution in [0, 0.1) is 0 Å². The lowest BCUT2D eigenvalue weighted by Crippen LogP contribution is -2.13. The van der Waals surface area contributed by atoms with Gasteiger partial charge in [0.05, 0.1) is 11.7 Å². The van der Waals surface area contributed by atoms with Crippen molar-refractivity contribution in [3.8, 4) is 0 Å². The van der Waals surface area contributed by atoms with E-state index in [0.29, 0.717) is 6.04 Å². The van der Waals surface area contributed by atoms with Gasteiger partial charge in [0, 0.05) is 6.20 Å². The minimum absolute atomic E-state index is 0.689. The quantitative estimate of drug-likeness (QED) is 0.680. The molecule has 1 aromatic rings. The molecule has 0 spiro atoms. The Hall–Kier alpha value is -0.790. The van der Waals surface area contributed by atoms with Gasteiger partial charge in [-0.3, -0.25) is 4.68 Å². The Morgan fingerprint density at radius 2 is 2.15 bits per heavy atom. The van der Waals surface area contributed by atoms with E-state index in [-0.39, 0.29) is 0 Å². The zero-order valence-corrected chi connectivity index (χ0v) is 8.37. The maximum absolute atomic E-state index is 4.57. The fourth-order valence-electron chi connectivity index (χ4n) is 2.11. The Labute approximate surface area is 80.0 Å². The predicted molar refractivity (Wildman–Crippen MR) is 53.7 cm³/mol. The van der Waals surface area contributed by atoms with Gasteiger partial charge in [0.2, 0.25) is 0 Å². The minimum Gasteiger partial charge on any atom is -0.269 e. The SMILES string of the molecule is CCc1ccn(C2CCCCC2)n1. The molecule has 2 nitrogen and oxygen atoms in total. The van der Waals surface area contributed by atoms with Crippen LogP contribution in [0.25, 0.3) is 0 Å². The van der Waals surface area contributed by atoms with E-state index in [1.807, 2.05) is 0 Å². The highest BCUT2D eigenvalue weighted by Gasteiger charge is 2.15. The Kier molecular flexibility index (Phi) is 2.67. The summed E-state index contributed by atoms with van der Waals surface area (Å²) in [6.45, 7) is 2.16. The number of rotatable bonds is 2. The summed E-state index contributed by atoms with van der Waals surface area (Å²) >= 11 is 0. The number of aromatic nitrogens is 2.